The van der Waals surface area contributed by atoms with Gasteiger partial charge >= 0.3 is 0 Å². The fraction of sp³-hybridized carbons (Fsp3) is 0.263. The van der Waals surface area contributed by atoms with Crippen LogP contribution in [0.15, 0.2) is 54.6 Å². The SMILES string of the molecule is CC(CNC(=O)CCC(=O)c1ccc(F)cc1)c1ccccc1. The van der Waals surface area contributed by atoms with Crippen molar-refractivity contribution in [2.24, 2.45) is 0 Å². The van der Waals surface area contributed by atoms with Crippen LogP contribution in [0.2, 0.25) is 0 Å². The Morgan fingerprint density at radius 2 is 1.65 bits per heavy atom. The molecule has 1 atom stereocenters. The molecule has 1 amide bonds. The van der Waals surface area contributed by atoms with Gasteiger partial charge in [0.25, 0.3) is 0 Å². The van der Waals surface area contributed by atoms with Gasteiger partial charge in [-0.1, -0.05) is 37.3 Å². The van der Waals surface area contributed by atoms with Gasteiger partial charge in [-0.3, -0.25) is 9.59 Å². The third kappa shape index (κ3) is 5.33. The molecule has 3 nitrogen and oxygen atoms in total. The van der Waals surface area contributed by atoms with Crippen molar-refractivity contribution < 1.29 is 14.0 Å². The molecule has 0 heterocycles. The van der Waals surface area contributed by atoms with E-state index in [9.17, 15) is 14.0 Å². The van der Waals surface area contributed by atoms with E-state index in [1.807, 2.05) is 37.3 Å². The zero-order valence-electron chi connectivity index (χ0n) is 13.1. The van der Waals surface area contributed by atoms with E-state index in [-0.39, 0.29) is 36.3 Å². The van der Waals surface area contributed by atoms with Crippen LogP contribution in [0.1, 0.15) is 41.6 Å². The standard InChI is InChI=1S/C19H20FNO2/c1-14(15-5-3-2-4-6-15)13-21-19(23)12-11-18(22)16-7-9-17(20)10-8-16/h2-10,14H,11-13H2,1H3,(H,21,23). The smallest absolute Gasteiger partial charge is 0.220 e. The van der Waals surface area contributed by atoms with Crippen LogP contribution in [0.25, 0.3) is 0 Å². The van der Waals surface area contributed by atoms with Gasteiger partial charge in [-0.05, 0) is 35.7 Å². The van der Waals surface area contributed by atoms with E-state index >= 15 is 0 Å². The van der Waals surface area contributed by atoms with Crippen molar-refractivity contribution in [3.63, 3.8) is 0 Å². The van der Waals surface area contributed by atoms with Crippen molar-refractivity contribution in [2.45, 2.75) is 25.7 Å². The highest BCUT2D eigenvalue weighted by Gasteiger charge is 2.11. The maximum atomic E-state index is 12.8. The molecule has 0 spiro atoms. The predicted octanol–water partition coefficient (Wildman–Crippen LogP) is 3.71. The van der Waals surface area contributed by atoms with Crippen LogP contribution in [-0.4, -0.2) is 18.2 Å². The predicted molar refractivity (Wildman–Crippen MR) is 87.8 cm³/mol. The molecule has 23 heavy (non-hydrogen) atoms. The van der Waals surface area contributed by atoms with Crippen LogP contribution in [0.3, 0.4) is 0 Å². The summed E-state index contributed by atoms with van der Waals surface area (Å²) in [5.74, 6) is -0.471. The van der Waals surface area contributed by atoms with E-state index in [2.05, 4.69) is 5.32 Å². The fourth-order valence-corrected chi connectivity index (χ4v) is 2.26. The molecule has 0 bridgehead atoms. The number of carbonyl (C=O) groups excluding carboxylic acids is 2. The molecular formula is C19H20FNO2. The van der Waals surface area contributed by atoms with Gasteiger partial charge < -0.3 is 5.32 Å². The van der Waals surface area contributed by atoms with Crippen LogP contribution in [0.5, 0.6) is 0 Å². The van der Waals surface area contributed by atoms with Crippen molar-refractivity contribution in [1.82, 2.24) is 5.32 Å². The number of nitrogens with one attached hydrogen (secondary N) is 1. The van der Waals surface area contributed by atoms with Crippen molar-refractivity contribution in [2.75, 3.05) is 6.54 Å². The zero-order chi connectivity index (χ0) is 16.7. The molecule has 2 aromatic rings. The molecule has 4 heteroatoms. The van der Waals surface area contributed by atoms with Crippen molar-refractivity contribution in [1.29, 1.82) is 0 Å². The highest BCUT2D eigenvalue weighted by Crippen LogP contribution is 2.13. The molecule has 1 N–H and O–H groups in total. The number of rotatable bonds is 7. The van der Waals surface area contributed by atoms with Gasteiger partial charge in [0.2, 0.25) is 5.91 Å². The number of halogens is 1. The zero-order valence-corrected chi connectivity index (χ0v) is 13.1. The molecule has 1 unspecified atom stereocenters. The van der Waals surface area contributed by atoms with Gasteiger partial charge in [0, 0.05) is 24.9 Å². The number of carbonyl (C=O) groups is 2. The molecule has 0 aliphatic carbocycles. The van der Waals surface area contributed by atoms with Gasteiger partial charge in [0.15, 0.2) is 5.78 Å². The number of benzene rings is 2. The third-order valence-corrected chi connectivity index (χ3v) is 3.72. The minimum absolute atomic E-state index is 0.122. The summed E-state index contributed by atoms with van der Waals surface area (Å²) in [6.45, 7) is 2.58. The summed E-state index contributed by atoms with van der Waals surface area (Å²) in [6.07, 6.45) is 0.259. The van der Waals surface area contributed by atoms with Gasteiger partial charge in [-0.2, -0.15) is 0 Å². The van der Waals surface area contributed by atoms with E-state index in [1.165, 1.54) is 24.3 Å². The second-order valence-corrected chi connectivity index (χ2v) is 5.55. The summed E-state index contributed by atoms with van der Waals surface area (Å²) < 4.78 is 12.8. The Balaban J connectivity index is 1.75. The number of hydrogen-bond donors (Lipinski definition) is 1. The summed E-state index contributed by atoms with van der Waals surface area (Å²) in [7, 11) is 0. The van der Waals surface area contributed by atoms with Crippen molar-refractivity contribution in [3.05, 3.63) is 71.5 Å². The minimum Gasteiger partial charge on any atom is -0.355 e. The first-order chi connectivity index (χ1) is 11.1. The van der Waals surface area contributed by atoms with Crippen molar-refractivity contribution in [3.8, 4) is 0 Å². The lowest BCUT2D eigenvalue weighted by Gasteiger charge is -2.13. The first-order valence-corrected chi connectivity index (χ1v) is 7.66. The Labute approximate surface area is 135 Å². The molecule has 0 saturated carbocycles. The Kier molecular flexibility index (Phi) is 6.03. The molecule has 0 saturated heterocycles. The first kappa shape index (κ1) is 16.9. The van der Waals surface area contributed by atoms with Crippen LogP contribution in [-0.2, 0) is 4.79 Å². The quantitative estimate of drug-likeness (QED) is 0.792. The lowest BCUT2D eigenvalue weighted by molar-refractivity contribution is -0.121. The number of amides is 1. The highest BCUT2D eigenvalue weighted by molar-refractivity contribution is 5.97. The van der Waals surface area contributed by atoms with E-state index < -0.39 is 0 Å². The fourth-order valence-electron chi connectivity index (χ4n) is 2.26. The summed E-state index contributed by atoms with van der Waals surface area (Å²) in [5, 5.41) is 2.85. The summed E-state index contributed by atoms with van der Waals surface area (Å²) in [4.78, 5) is 23.8. The topological polar surface area (TPSA) is 46.2 Å². The largest absolute Gasteiger partial charge is 0.355 e. The van der Waals surface area contributed by atoms with Crippen LogP contribution in [0.4, 0.5) is 4.39 Å². The maximum Gasteiger partial charge on any atom is 0.220 e. The van der Waals surface area contributed by atoms with Crippen LogP contribution < -0.4 is 5.32 Å². The summed E-state index contributed by atoms with van der Waals surface area (Å²) >= 11 is 0. The van der Waals surface area contributed by atoms with Crippen LogP contribution >= 0.6 is 0 Å². The molecular weight excluding hydrogens is 293 g/mol. The molecule has 0 aromatic heterocycles. The van der Waals surface area contributed by atoms with Crippen LogP contribution in [0, 0.1) is 5.82 Å². The molecule has 0 fully saturated rings. The Bertz CT molecular complexity index is 653. The van der Waals surface area contributed by atoms with Gasteiger partial charge in [-0.25, -0.2) is 4.39 Å². The van der Waals surface area contributed by atoms with Gasteiger partial charge in [-0.15, -0.1) is 0 Å². The Morgan fingerprint density at radius 1 is 1.00 bits per heavy atom. The van der Waals surface area contributed by atoms with E-state index in [1.54, 1.807) is 0 Å². The lowest BCUT2D eigenvalue weighted by atomic mass is 10.0. The Hall–Kier alpha value is -2.49. The van der Waals surface area contributed by atoms with Crippen molar-refractivity contribution >= 4 is 11.7 Å². The third-order valence-electron chi connectivity index (χ3n) is 3.72. The normalized spacial score (nSPS) is 11.7. The monoisotopic (exact) mass is 313 g/mol. The molecule has 0 radical (unpaired) electrons. The maximum absolute atomic E-state index is 12.8. The second-order valence-electron chi connectivity index (χ2n) is 5.55. The Morgan fingerprint density at radius 3 is 2.30 bits per heavy atom. The molecule has 2 aromatic carbocycles. The second kappa shape index (κ2) is 8.22. The lowest BCUT2D eigenvalue weighted by Crippen LogP contribution is -2.27. The first-order valence-electron chi connectivity index (χ1n) is 7.66. The highest BCUT2D eigenvalue weighted by atomic mass is 19.1. The average molecular weight is 313 g/mol. The minimum atomic E-state index is -0.380. The number of hydrogen-bond acceptors (Lipinski definition) is 2. The summed E-state index contributed by atoms with van der Waals surface area (Å²) in [6, 6.07) is 15.3. The molecule has 120 valence electrons. The summed E-state index contributed by atoms with van der Waals surface area (Å²) in [5.41, 5.74) is 1.59. The van der Waals surface area contributed by atoms with E-state index in [4.69, 9.17) is 0 Å². The molecule has 2 rings (SSSR count). The number of Topliss-reactive ketones (excluding diaryl/α,β-unsaturated/α-hetero) is 1. The average Bonchev–Trinajstić information content (AvgIpc) is 2.59. The van der Waals surface area contributed by atoms with Gasteiger partial charge in [0.1, 0.15) is 5.82 Å². The van der Waals surface area contributed by atoms with E-state index in [0.717, 1.165) is 5.56 Å². The van der Waals surface area contributed by atoms with E-state index in [0.29, 0.717) is 12.1 Å². The molecule has 0 aliphatic heterocycles. The number of ketones is 1. The van der Waals surface area contributed by atoms with Gasteiger partial charge in [0.05, 0.1) is 0 Å². The molecule has 0 aliphatic rings.